The third-order valence-electron chi connectivity index (χ3n) is 2.76. The molecule has 0 aromatic rings. The van der Waals surface area contributed by atoms with Crippen molar-refractivity contribution in [1.82, 2.24) is 9.80 Å². The molecule has 1 aliphatic heterocycles. The maximum absolute atomic E-state index is 11.7. The summed E-state index contributed by atoms with van der Waals surface area (Å²) >= 11 is 0. The minimum Gasteiger partial charge on any atom is -0.480 e. The van der Waals surface area contributed by atoms with E-state index in [-0.39, 0.29) is 12.5 Å². The number of hydrogen-bond donors (Lipinski definition) is 1. The first-order chi connectivity index (χ1) is 7.63. The third kappa shape index (κ3) is 4.18. The molecule has 0 aromatic heterocycles. The van der Waals surface area contributed by atoms with E-state index in [1.165, 1.54) is 0 Å². The van der Waals surface area contributed by atoms with Crippen molar-refractivity contribution in [2.45, 2.75) is 26.2 Å². The Morgan fingerprint density at radius 2 is 1.94 bits per heavy atom. The SMILES string of the molecule is CCCC(=O)N1CCCN(CC(=O)O)CC1. The Kier molecular flexibility index (Phi) is 5.25. The van der Waals surface area contributed by atoms with Crippen molar-refractivity contribution in [3.8, 4) is 0 Å². The Bertz CT molecular complexity index is 256. The molecule has 0 spiro atoms. The van der Waals surface area contributed by atoms with E-state index in [1.54, 1.807) is 0 Å². The Morgan fingerprint density at radius 3 is 2.56 bits per heavy atom. The van der Waals surface area contributed by atoms with Crippen molar-refractivity contribution in [1.29, 1.82) is 0 Å². The van der Waals surface area contributed by atoms with Gasteiger partial charge in [0.2, 0.25) is 5.91 Å². The summed E-state index contributed by atoms with van der Waals surface area (Å²) in [5.74, 6) is -0.604. The van der Waals surface area contributed by atoms with Gasteiger partial charge in [-0.15, -0.1) is 0 Å². The molecule has 0 saturated carbocycles. The van der Waals surface area contributed by atoms with Crippen LogP contribution in [0.15, 0.2) is 0 Å². The molecular formula is C11H20N2O3. The predicted octanol–water partition coefficient (Wildman–Crippen LogP) is 0.405. The van der Waals surface area contributed by atoms with E-state index >= 15 is 0 Å². The van der Waals surface area contributed by atoms with Gasteiger partial charge in [0, 0.05) is 32.6 Å². The van der Waals surface area contributed by atoms with Crippen LogP contribution in [0.4, 0.5) is 0 Å². The molecule has 92 valence electrons. The molecule has 0 atom stereocenters. The summed E-state index contributed by atoms with van der Waals surface area (Å²) < 4.78 is 0. The monoisotopic (exact) mass is 228 g/mol. The normalized spacial score (nSPS) is 18.2. The average Bonchev–Trinajstić information content (AvgIpc) is 2.43. The fraction of sp³-hybridized carbons (Fsp3) is 0.818. The summed E-state index contributed by atoms with van der Waals surface area (Å²) in [6, 6.07) is 0. The highest BCUT2D eigenvalue weighted by Crippen LogP contribution is 2.05. The van der Waals surface area contributed by atoms with Crippen LogP contribution in [0, 0.1) is 0 Å². The molecule has 5 nitrogen and oxygen atoms in total. The van der Waals surface area contributed by atoms with Gasteiger partial charge in [0.05, 0.1) is 6.54 Å². The van der Waals surface area contributed by atoms with Crippen molar-refractivity contribution in [2.24, 2.45) is 0 Å². The first-order valence-corrected chi connectivity index (χ1v) is 5.85. The van der Waals surface area contributed by atoms with Crippen molar-refractivity contribution >= 4 is 11.9 Å². The number of carboxylic acid groups (broad SMARTS) is 1. The van der Waals surface area contributed by atoms with E-state index in [4.69, 9.17) is 5.11 Å². The van der Waals surface area contributed by atoms with E-state index in [0.717, 1.165) is 25.9 Å². The van der Waals surface area contributed by atoms with Crippen LogP contribution in [0.2, 0.25) is 0 Å². The molecule has 0 aromatic carbocycles. The molecule has 0 unspecified atom stereocenters. The van der Waals surface area contributed by atoms with Crippen molar-refractivity contribution in [3.05, 3.63) is 0 Å². The number of rotatable bonds is 4. The van der Waals surface area contributed by atoms with Gasteiger partial charge in [-0.2, -0.15) is 0 Å². The molecular weight excluding hydrogens is 208 g/mol. The summed E-state index contributed by atoms with van der Waals surface area (Å²) in [5, 5.41) is 8.69. The molecule has 1 saturated heterocycles. The number of carbonyl (C=O) groups excluding carboxylic acids is 1. The molecule has 1 N–H and O–H groups in total. The fourth-order valence-electron chi connectivity index (χ4n) is 1.94. The van der Waals surface area contributed by atoms with Crippen LogP contribution >= 0.6 is 0 Å². The summed E-state index contributed by atoms with van der Waals surface area (Å²) in [7, 11) is 0. The van der Waals surface area contributed by atoms with Gasteiger partial charge >= 0.3 is 5.97 Å². The van der Waals surface area contributed by atoms with Crippen LogP contribution in [-0.2, 0) is 9.59 Å². The first kappa shape index (κ1) is 13.0. The predicted molar refractivity (Wildman–Crippen MR) is 60.2 cm³/mol. The fourth-order valence-corrected chi connectivity index (χ4v) is 1.94. The van der Waals surface area contributed by atoms with Crippen LogP contribution in [0.5, 0.6) is 0 Å². The summed E-state index contributed by atoms with van der Waals surface area (Å²) in [6.07, 6.45) is 2.33. The zero-order chi connectivity index (χ0) is 12.0. The number of aliphatic carboxylic acids is 1. The van der Waals surface area contributed by atoms with Gasteiger partial charge in [-0.05, 0) is 12.8 Å². The summed E-state index contributed by atoms with van der Waals surface area (Å²) in [6.45, 7) is 4.92. The molecule has 1 amide bonds. The van der Waals surface area contributed by atoms with E-state index in [9.17, 15) is 9.59 Å². The van der Waals surface area contributed by atoms with Crippen LogP contribution in [0.3, 0.4) is 0 Å². The minimum atomic E-state index is -0.798. The van der Waals surface area contributed by atoms with Crippen molar-refractivity contribution in [3.63, 3.8) is 0 Å². The second-order valence-electron chi connectivity index (χ2n) is 4.15. The van der Waals surface area contributed by atoms with E-state index in [1.807, 2.05) is 16.7 Å². The van der Waals surface area contributed by atoms with Gasteiger partial charge in [-0.25, -0.2) is 0 Å². The number of amides is 1. The van der Waals surface area contributed by atoms with Crippen LogP contribution in [0.1, 0.15) is 26.2 Å². The van der Waals surface area contributed by atoms with Crippen LogP contribution in [-0.4, -0.2) is 59.5 Å². The average molecular weight is 228 g/mol. The lowest BCUT2D eigenvalue weighted by atomic mass is 10.3. The number of carbonyl (C=O) groups is 2. The zero-order valence-corrected chi connectivity index (χ0v) is 9.81. The van der Waals surface area contributed by atoms with Gasteiger partial charge in [0.15, 0.2) is 0 Å². The number of carboxylic acids is 1. The van der Waals surface area contributed by atoms with E-state index < -0.39 is 5.97 Å². The zero-order valence-electron chi connectivity index (χ0n) is 9.81. The highest BCUT2D eigenvalue weighted by molar-refractivity contribution is 5.76. The lowest BCUT2D eigenvalue weighted by Crippen LogP contribution is -2.36. The van der Waals surface area contributed by atoms with Gasteiger partial charge in [-0.1, -0.05) is 6.92 Å². The first-order valence-electron chi connectivity index (χ1n) is 5.85. The van der Waals surface area contributed by atoms with Gasteiger partial charge in [0.1, 0.15) is 0 Å². The maximum atomic E-state index is 11.7. The highest BCUT2D eigenvalue weighted by Gasteiger charge is 2.19. The number of nitrogens with zero attached hydrogens (tertiary/aromatic N) is 2. The largest absolute Gasteiger partial charge is 0.480 e. The third-order valence-corrected chi connectivity index (χ3v) is 2.76. The Labute approximate surface area is 96.0 Å². The second kappa shape index (κ2) is 6.48. The van der Waals surface area contributed by atoms with Crippen molar-refractivity contribution in [2.75, 3.05) is 32.7 Å². The highest BCUT2D eigenvalue weighted by atomic mass is 16.4. The second-order valence-corrected chi connectivity index (χ2v) is 4.15. The Morgan fingerprint density at radius 1 is 1.19 bits per heavy atom. The van der Waals surface area contributed by atoms with Gasteiger partial charge in [-0.3, -0.25) is 14.5 Å². The smallest absolute Gasteiger partial charge is 0.317 e. The summed E-state index contributed by atoms with van der Waals surface area (Å²) in [4.78, 5) is 26.0. The standard InChI is InChI=1S/C11H20N2O3/c1-2-4-10(14)13-6-3-5-12(7-8-13)9-11(15)16/h2-9H2,1H3,(H,15,16). The maximum Gasteiger partial charge on any atom is 0.317 e. The summed E-state index contributed by atoms with van der Waals surface area (Å²) in [5.41, 5.74) is 0. The topological polar surface area (TPSA) is 60.9 Å². The lowest BCUT2D eigenvalue weighted by molar-refractivity contribution is -0.138. The Hall–Kier alpha value is -1.10. The molecule has 0 bridgehead atoms. The molecule has 1 heterocycles. The lowest BCUT2D eigenvalue weighted by Gasteiger charge is -2.20. The van der Waals surface area contributed by atoms with E-state index in [2.05, 4.69) is 0 Å². The molecule has 1 fully saturated rings. The number of hydrogen-bond acceptors (Lipinski definition) is 3. The van der Waals surface area contributed by atoms with Crippen LogP contribution in [0.25, 0.3) is 0 Å². The molecule has 1 aliphatic rings. The molecule has 0 aliphatic carbocycles. The Balaban J connectivity index is 2.39. The van der Waals surface area contributed by atoms with Gasteiger partial charge < -0.3 is 10.0 Å². The van der Waals surface area contributed by atoms with Crippen LogP contribution < -0.4 is 0 Å². The molecule has 1 rings (SSSR count). The molecule has 5 heteroatoms. The quantitative estimate of drug-likeness (QED) is 0.757. The minimum absolute atomic E-state index is 0.0792. The van der Waals surface area contributed by atoms with Crippen molar-refractivity contribution < 1.29 is 14.7 Å². The van der Waals surface area contributed by atoms with Gasteiger partial charge in [0.25, 0.3) is 0 Å². The van der Waals surface area contributed by atoms with E-state index in [0.29, 0.717) is 19.5 Å². The molecule has 0 radical (unpaired) electrons. The molecule has 16 heavy (non-hydrogen) atoms.